The molecule has 0 aliphatic carbocycles. The van der Waals surface area contributed by atoms with Gasteiger partial charge in [-0.05, 0) is 13.8 Å². The van der Waals surface area contributed by atoms with E-state index in [1.807, 2.05) is 0 Å². The standard InChI is InChI=1S/C14H28O7/c1-13(15)11-21-14(2)12-19-8-7-17-4-3-16-5-6-18-9-10-20-14/h13,15H,3-12H2,1-2H3. The highest BCUT2D eigenvalue weighted by molar-refractivity contribution is 4.63. The molecule has 0 aromatic heterocycles. The van der Waals surface area contributed by atoms with Gasteiger partial charge < -0.3 is 33.5 Å². The van der Waals surface area contributed by atoms with Crippen molar-refractivity contribution < 1.29 is 33.5 Å². The zero-order chi connectivity index (χ0) is 15.4. The van der Waals surface area contributed by atoms with Crippen molar-refractivity contribution in [2.24, 2.45) is 0 Å². The summed E-state index contributed by atoms with van der Waals surface area (Å²) in [7, 11) is 0. The molecule has 1 fully saturated rings. The Morgan fingerprint density at radius 1 is 0.905 bits per heavy atom. The minimum Gasteiger partial charge on any atom is -0.391 e. The topological polar surface area (TPSA) is 75.6 Å². The number of hydrogen-bond donors (Lipinski definition) is 1. The van der Waals surface area contributed by atoms with E-state index in [9.17, 15) is 5.11 Å². The first-order chi connectivity index (χ1) is 10.1. The first-order valence-electron chi connectivity index (χ1n) is 7.39. The molecule has 7 heteroatoms. The van der Waals surface area contributed by atoms with Crippen LogP contribution in [0, 0.1) is 0 Å². The van der Waals surface area contributed by atoms with Gasteiger partial charge in [-0.15, -0.1) is 0 Å². The number of aliphatic hydroxyl groups is 1. The van der Waals surface area contributed by atoms with Gasteiger partial charge in [-0.25, -0.2) is 0 Å². The number of rotatable bonds is 3. The van der Waals surface area contributed by atoms with Crippen LogP contribution in [0.15, 0.2) is 0 Å². The fourth-order valence-electron chi connectivity index (χ4n) is 1.66. The summed E-state index contributed by atoms with van der Waals surface area (Å²) >= 11 is 0. The van der Waals surface area contributed by atoms with E-state index in [-0.39, 0.29) is 13.2 Å². The molecule has 2 unspecified atom stereocenters. The van der Waals surface area contributed by atoms with E-state index in [1.165, 1.54) is 0 Å². The molecule has 1 N–H and O–H groups in total. The Balaban J connectivity index is 2.39. The molecule has 0 aromatic rings. The molecule has 1 rings (SSSR count). The SMILES string of the molecule is CC(O)COC1(C)COCCOCCOCCOCCO1. The van der Waals surface area contributed by atoms with Gasteiger partial charge in [-0.2, -0.15) is 0 Å². The van der Waals surface area contributed by atoms with Crippen LogP contribution in [0.1, 0.15) is 13.8 Å². The van der Waals surface area contributed by atoms with E-state index in [1.54, 1.807) is 13.8 Å². The van der Waals surface area contributed by atoms with Crippen LogP contribution in [0.25, 0.3) is 0 Å². The molecule has 0 aromatic carbocycles. The molecule has 0 amide bonds. The normalized spacial score (nSPS) is 29.3. The minimum absolute atomic E-state index is 0.186. The van der Waals surface area contributed by atoms with Crippen LogP contribution in [0.5, 0.6) is 0 Å². The molecule has 0 bridgehead atoms. The lowest BCUT2D eigenvalue weighted by atomic mass is 10.3. The van der Waals surface area contributed by atoms with Crippen molar-refractivity contribution in [3.05, 3.63) is 0 Å². The van der Waals surface area contributed by atoms with Crippen LogP contribution in [0.4, 0.5) is 0 Å². The first-order valence-corrected chi connectivity index (χ1v) is 7.39. The molecule has 0 spiro atoms. The van der Waals surface area contributed by atoms with Crippen molar-refractivity contribution in [3.63, 3.8) is 0 Å². The van der Waals surface area contributed by atoms with Gasteiger partial charge in [0.2, 0.25) is 0 Å². The highest BCUT2D eigenvalue weighted by Crippen LogP contribution is 2.14. The van der Waals surface area contributed by atoms with Crippen LogP contribution in [0.2, 0.25) is 0 Å². The highest BCUT2D eigenvalue weighted by Gasteiger charge is 2.27. The maximum atomic E-state index is 9.33. The zero-order valence-electron chi connectivity index (χ0n) is 13.0. The Bertz CT molecular complexity index is 231. The van der Waals surface area contributed by atoms with Crippen molar-refractivity contribution in [2.45, 2.75) is 25.7 Å². The van der Waals surface area contributed by atoms with E-state index in [2.05, 4.69) is 0 Å². The molecule has 7 nitrogen and oxygen atoms in total. The van der Waals surface area contributed by atoms with Crippen molar-refractivity contribution in [2.75, 3.05) is 66.1 Å². The fraction of sp³-hybridized carbons (Fsp3) is 1.00. The van der Waals surface area contributed by atoms with Crippen molar-refractivity contribution in [1.29, 1.82) is 0 Å². The fourth-order valence-corrected chi connectivity index (χ4v) is 1.66. The summed E-state index contributed by atoms with van der Waals surface area (Å²) in [5.74, 6) is -0.906. The summed E-state index contributed by atoms with van der Waals surface area (Å²) in [5.41, 5.74) is 0. The Morgan fingerprint density at radius 3 is 1.90 bits per heavy atom. The van der Waals surface area contributed by atoms with Gasteiger partial charge in [-0.1, -0.05) is 0 Å². The van der Waals surface area contributed by atoms with Gasteiger partial charge in [-0.3, -0.25) is 0 Å². The molecular weight excluding hydrogens is 280 g/mol. The quantitative estimate of drug-likeness (QED) is 0.798. The lowest BCUT2D eigenvalue weighted by Crippen LogP contribution is -2.40. The van der Waals surface area contributed by atoms with E-state index in [0.29, 0.717) is 52.9 Å². The predicted molar refractivity (Wildman–Crippen MR) is 75.3 cm³/mol. The number of ether oxygens (including phenoxy) is 6. The Morgan fingerprint density at radius 2 is 1.38 bits per heavy atom. The third kappa shape index (κ3) is 10.1. The summed E-state index contributed by atoms with van der Waals surface area (Å²) < 4.78 is 32.9. The van der Waals surface area contributed by atoms with Gasteiger partial charge in [0.1, 0.15) is 6.61 Å². The van der Waals surface area contributed by atoms with Gasteiger partial charge in [0, 0.05) is 0 Å². The molecule has 21 heavy (non-hydrogen) atoms. The molecule has 0 saturated carbocycles. The molecule has 2 atom stereocenters. The van der Waals surface area contributed by atoms with E-state index in [0.717, 1.165) is 0 Å². The first kappa shape index (κ1) is 18.8. The highest BCUT2D eigenvalue weighted by atomic mass is 16.7. The Kier molecular flexibility index (Phi) is 10.1. The molecule has 1 aliphatic rings. The third-order valence-corrected chi connectivity index (χ3v) is 2.75. The van der Waals surface area contributed by atoms with Gasteiger partial charge in [0.05, 0.1) is 65.6 Å². The second-order valence-electron chi connectivity index (χ2n) is 5.03. The molecule has 1 heterocycles. The lowest BCUT2D eigenvalue weighted by molar-refractivity contribution is -0.261. The van der Waals surface area contributed by atoms with E-state index in [4.69, 9.17) is 28.4 Å². The predicted octanol–water partition coefficient (Wildman–Crippen LogP) is 0.197. The minimum atomic E-state index is -0.906. The largest absolute Gasteiger partial charge is 0.391 e. The lowest BCUT2D eigenvalue weighted by Gasteiger charge is -2.30. The second-order valence-corrected chi connectivity index (χ2v) is 5.03. The summed E-state index contributed by atoms with van der Waals surface area (Å²) in [4.78, 5) is 0. The maximum Gasteiger partial charge on any atom is 0.189 e. The summed E-state index contributed by atoms with van der Waals surface area (Å²) in [5, 5.41) is 9.33. The van der Waals surface area contributed by atoms with Crippen molar-refractivity contribution in [3.8, 4) is 0 Å². The Labute approximate surface area is 126 Å². The summed E-state index contributed by atoms with van der Waals surface area (Å²) in [6.45, 7) is 7.82. The third-order valence-electron chi connectivity index (χ3n) is 2.75. The van der Waals surface area contributed by atoms with Crippen LogP contribution in [-0.4, -0.2) is 83.1 Å². The second kappa shape index (κ2) is 11.3. The number of aliphatic hydroxyl groups excluding tert-OH is 1. The maximum absolute atomic E-state index is 9.33. The van der Waals surface area contributed by atoms with Crippen LogP contribution >= 0.6 is 0 Å². The van der Waals surface area contributed by atoms with Crippen LogP contribution < -0.4 is 0 Å². The van der Waals surface area contributed by atoms with Gasteiger partial charge in [0.15, 0.2) is 5.79 Å². The summed E-state index contributed by atoms with van der Waals surface area (Å²) in [6.07, 6.45) is -0.557. The smallest absolute Gasteiger partial charge is 0.189 e. The van der Waals surface area contributed by atoms with E-state index < -0.39 is 11.9 Å². The zero-order valence-corrected chi connectivity index (χ0v) is 13.0. The molecule has 0 radical (unpaired) electrons. The molecular formula is C14H28O7. The average Bonchev–Trinajstić information content (AvgIpc) is 2.46. The number of hydrogen-bond acceptors (Lipinski definition) is 7. The monoisotopic (exact) mass is 308 g/mol. The molecule has 126 valence electrons. The van der Waals surface area contributed by atoms with Crippen molar-refractivity contribution in [1.82, 2.24) is 0 Å². The van der Waals surface area contributed by atoms with Crippen LogP contribution in [-0.2, 0) is 28.4 Å². The van der Waals surface area contributed by atoms with Gasteiger partial charge >= 0.3 is 0 Å². The van der Waals surface area contributed by atoms with E-state index >= 15 is 0 Å². The molecule has 1 aliphatic heterocycles. The summed E-state index contributed by atoms with van der Waals surface area (Å²) in [6, 6.07) is 0. The molecule has 1 saturated heterocycles. The van der Waals surface area contributed by atoms with Gasteiger partial charge in [0.25, 0.3) is 0 Å². The Hall–Kier alpha value is -0.280. The van der Waals surface area contributed by atoms with Crippen molar-refractivity contribution >= 4 is 0 Å². The average molecular weight is 308 g/mol. The van der Waals surface area contributed by atoms with Crippen LogP contribution in [0.3, 0.4) is 0 Å².